The lowest BCUT2D eigenvalue weighted by atomic mass is 9.87. The van der Waals surface area contributed by atoms with Crippen LogP contribution < -0.4 is 0 Å². The molecular formula is C14H19ClN2O3S. The summed E-state index contributed by atoms with van der Waals surface area (Å²) in [7, 11) is 1.77. The molecular weight excluding hydrogens is 312 g/mol. The molecule has 1 aliphatic heterocycles. The number of nitrogens with zero attached hydrogens (tertiary/aromatic N) is 2. The zero-order valence-corrected chi connectivity index (χ0v) is 13.7. The number of likely N-dealkylation sites (N-methyl/N-ethyl adjacent to an activating group) is 1. The van der Waals surface area contributed by atoms with Gasteiger partial charge in [0.1, 0.15) is 0 Å². The quantitative estimate of drug-likeness (QED) is 0.866. The van der Waals surface area contributed by atoms with Crippen molar-refractivity contribution in [1.29, 1.82) is 0 Å². The molecule has 1 fully saturated rings. The van der Waals surface area contributed by atoms with E-state index < -0.39 is 5.97 Å². The zero-order chi connectivity index (χ0) is 15.6. The Kier molecular flexibility index (Phi) is 5.24. The highest BCUT2D eigenvalue weighted by atomic mass is 35.5. The second-order valence-corrected chi connectivity index (χ2v) is 7.34. The SMILES string of the molecule is CC(C(=O)O)C1CN(CC(=O)N(C)Cc2ccc(Cl)s2)C1. The fraction of sp³-hybridized carbons (Fsp3) is 0.571. The van der Waals surface area contributed by atoms with E-state index in [0.29, 0.717) is 26.2 Å². The highest BCUT2D eigenvalue weighted by Crippen LogP contribution is 2.25. The van der Waals surface area contributed by atoms with Gasteiger partial charge in [-0.2, -0.15) is 0 Å². The lowest BCUT2D eigenvalue weighted by Crippen LogP contribution is -2.53. The minimum Gasteiger partial charge on any atom is -0.481 e. The molecule has 0 saturated carbocycles. The van der Waals surface area contributed by atoms with E-state index in [9.17, 15) is 9.59 Å². The fourth-order valence-electron chi connectivity index (χ4n) is 2.33. The second-order valence-electron chi connectivity index (χ2n) is 5.54. The summed E-state index contributed by atoms with van der Waals surface area (Å²) in [5, 5.41) is 8.94. The summed E-state index contributed by atoms with van der Waals surface area (Å²) in [6.07, 6.45) is 0. The molecule has 1 saturated heterocycles. The van der Waals surface area contributed by atoms with Crippen molar-refractivity contribution >= 4 is 34.8 Å². The summed E-state index contributed by atoms with van der Waals surface area (Å²) in [5.74, 6) is -0.919. The molecule has 5 nitrogen and oxygen atoms in total. The van der Waals surface area contributed by atoms with Crippen molar-refractivity contribution < 1.29 is 14.7 Å². The Labute approximate surface area is 133 Å². The minimum absolute atomic E-state index is 0.0425. The third-order valence-corrected chi connectivity index (χ3v) is 5.10. The van der Waals surface area contributed by atoms with Crippen molar-refractivity contribution in [2.45, 2.75) is 13.5 Å². The van der Waals surface area contributed by atoms with Crippen LogP contribution in [0.1, 0.15) is 11.8 Å². The Morgan fingerprint density at radius 2 is 2.19 bits per heavy atom. The molecule has 0 aromatic carbocycles. The molecule has 0 bridgehead atoms. The average Bonchev–Trinajstić information content (AvgIpc) is 2.77. The van der Waals surface area contributed by atoms with Gasteiger partial charge >= 0.3 is 5.97 Å². The topological polar surface area (TPSA) is 60.9 Å². The highest BCUT2D eigenvalue weighted by Gasteiger charge is 2.35. The van der Waals surface area contributed by atoms with E-state index in [1.807, 2.05) is 17.0 Å². The van der Waals surface area contributed by atoms with Crippen LogP contribution in [0.25, 0.3) is 0 Å². The third-order valence-electron chi connectivity index (χ3n) is 3.89. The second kappa shape index (κ2) is 6.77. The summed E-state index contributed by atoms with van der Waals surface area (Å²) in [4.78, 5) is 27.7. The first-order valence-electron chi connectivity index (χ1n) is 6.80. The molecule has 1 amide bonds. The van der Waals surface area contributed by atoms with Gasteiger partial charge in [0.2, 0.25) is 5.91 Å². The number of carboxylic acids is 1. The number of carboxylic acid groups (broad SMARTS) is 1. The summed E-state index contributed by atoms with van der Waals surface area (Å²) < 4.78 is 0.721. The highest BCUT2D eigenvalue weighted by molar-refractivity contribution is 7.16. The fourth-order valence-corrected chi connectivity index (χ4v) is 3.47. The van der Waals surface area contributed by atoms with Crippen LogP contribution in [0.3, 0.4) is 0 Å². The molecule has 1 aliphatic rings. The van der Waals surface area contributed by atoms with Crippen molar-refractivity contribution in [2.24, 2.45) is 11.8 Å². The van der Waals surface area contributed by atoms with Gasteiger partial charge in [0.15, 0.2) is 0 Å². The van der Waals surface area contributed by atoms with Crippen molar-refractivity contribution in [3.8, 4) is 0 Å². The maximum Gasteiger partial charge on any atom is 0.306 e. The number of carbonyl (C=O) groups is 2. The van der Waals surface area contributed by atoms with Crippen LogP contribution in [-0.2, 0) is 16.1 Å². The Morgan fingerprint density at radius 1 is 1.52 bits per heavy atom. The molecule has 1 aromatic rings. The standard InChI is InChI=1S/C14H19ClN2O3S/c1-9(14(19)20)10-5-17(6-10)8-13(18)16(2)7-11-3-4-12(15)21-11/h3-4,9-10H,5-8H2,1-2H3,(H,19,20). The number of amides is 1. The van der Waals surface area contributed by atoms with Crippen molar-refractivity contribution in [2.75, 3.05) is 26.7 Å². The van der Waals surface area contributed by atoms with Crippen molar-refractivity contribution in [3.63, 3.8) is 0 Å². The number of likely N-dealkylation sites (tertiary alicyclic amines) is 1. The van der Waals surface area contributed by atoms with E-state index in [1.54, 1.807) is 18.9 Å². The van der Waals surface area contributed by atoms with Crippen molar-refractivity contribution in [1.82, 2.24) is 9.80 Å². The zero-order valence-electron chi connectivity index (χ0n) is 12.1. The maximum absolute atomic E-state index is 12.1. The van der Waals surface area contributed by atoms with Gasteiger partial charge in [0, 0.05) is 25.0 Å². The molecule has 0 aliphatic carbocycles. The van der Waals surface area contributed by atoms with Gasteiger partial charge in [-0.25, -0.2) is 0 Å². The summed E-state index contributed by atoms with van der Waals surface area (Å²) >= 11 is 7.34. The molecule has 2 heterocycles. The summed E-state index contributed by atoms with van der Waals surface area (Å²) in [6, 6.07) is 3.75. The van der Waals surface area contributed by atoms with Crippen LogP contribution in [0.5, 0.6) is 0 Å². The van der Waals surface area contributed by atoms with Gasteiger partial charge in [0.25, 0.3) is 0 Å². The molecule has 1 aromatic heterocycles. The Morgan fingerprint density at radius 3 is 2.71 bits per heavy atom. The van der Waals surface area contributed by atoms with E-state index in [1.165, 1.54) is 11.3 Å². The lowest BCUT2D eigenvalue weighted by molar-refractivity contribution is -0.146. The minimum atomic E-state index is -0.766. The van der Waals surface area contributed by atoms with Gasteiger partial charge in [-0.1, -0.05) is 18.5 Å². The van der Waals surface area contributed by atoms with E-state index in [2.05, 4.69) is 0 Å². The Bertz CT molecular complexity index is 528. The van der Waals surface area contributed by atoms with Gasteiger partial charge in [-0.3, -0.25) is 14.5 Å². The van der Waals surface area contributed by atoms with Crippen LogP contribution in [0, 0.1) is 11.8 Å². The first-order valence-corrected chi connectivity index (χ1v) is 7.99. The number of hydrogen-bond donors (Lipinski definition) is 1. The van der Waals surface area contributed by atoms with Crippen LogP contribution >= 0.6 is 22.9 Å². The van der Waals surface area contributed by atoms with Crippen LogP contribution in [0.4, 0.5) is 0 Å². The van der Waals surface area contributed by atoms with Gasteiger partial charge in [-0.05, 0) is 18.1 Å². The third kappa shape index (κ3) is 4.18. The summed E-state index contributed by atoms with van der Waals surface area (Å²) in [6.45, 7) is 3.98. The lowest BCUT2D eigenvalue weighted by Gasteiger charge is -2.41. The van der Waals surface area contributed by atoms with E-state index in [-0.39, 0.29) is 17.7 Å². The van der Waals surface area contributed by atoms with Gasteiger partial charge in [-0.15, -0.1) is 11.3 Å². The van der Waals surface area contributed by atoms with E-state index in [0.717, 1.165) is 9.21 Å². The average molecular weight is 331 g/mol. The molecule has 0 spiro atoms. The molecule has 7 heteroatoms. The molecule has 1 atom stereocenters. The smallest absolute Gasteiger partial charge is 0.306 e. The van der Waals surface area contributed by atoms with Crippen LogP contribution in [0.2, 0.25) is 4.34 Å². The molecule has 1 N–H and O–H groups in total. The first-order chi connectivity index (χ1) is 9.86. The normalized spacial score (nSPS) is 17.3. The Hall–Kier alpha value is -1.11. The van der Waals surface area contributed by atoms with Gasteiger partial charge < -0.3 is 10.0 Å². The number of thiophene rings is 1. The number of halogens is 1. The molecule has 0 radical (unpaired) electrons. The van der Waals surface area contributed by atoms with Crippen molar-refractivity contribution in [3.05, 3.63) is 21.3 Å². The van der Waals surface area contributed by atoms with E-state index in [4.69, 9.17) is 16.7 Å². The van der Waals surface area contributed by atoms with Crippen LogP contribution in [0.15, 0.2) is 12.1 Å². The largest absolute Gasteiger partial charge is 0.481 e. The first kappa shape index (κ1) is 16.3. The maximum atomic E-state index is 12.1. The van der Waals surface area contributed by atoms with Gasteiger partial charge in [0.05, 0.1) is 23.3 Å². The van der Waals surface area contributed by atoms with E-state index >= 15 is 0 Å². The number of rotatable bonds is 6. The predicted molar refractivity (Wildman–Crippen MR) is 82.5 cm³/mol. The number of aliphatic carboxylic acids is 1. The number of hydrogen-bond acceptors (Lipinski definition) is 4. The Balaban J connectivity index is 1.74. The van der Waals surface area contributed by atoms with Crippen LogP contribution in [-0.4, -0.2) is 53.5 Å². The predicted octanol–water partition coefficient (Wildman–Crippen LogP) is 2.01. The summed E-state index contributed by atoms with van der Waals surface area (Å²) in [5.41, 5.74) is 0. The molecule has 1 unspecified atom stereocenters. The monoisotopic (exact) mass is 330 g/mol. The molecule has 116 valence electrons. The molecule has 21 heavy (non-hydrogen) atoms. The number of carbonyl (C=O) groups excluding carboxylic acids is 1. The molecule has 2 rings (SSSR count).